The summed E-state index contributed by atoms with van der Waals surface area (Å²) in [6, 6.07) is -0.349. The van der Waals surface area contributed by atoms with Crippen LogP contribution in [0.2, 0.25) is 0 Å². The SMILES string of the molecule is COCCCC(N)C(=O)NC1CCN(C(=O)C(C)C)CC1. The molecule has 0 saturated carbocycles. The third kappa shape index (κ3) is 6.01. The Bertz CT molecular complexity index is 339. The van der Waals surface area contributed by atoms with Crippen molar-refractivity contribution in [2.75, 3.05) is 26.8 Å². The van der Waals surface area contributed by atoms with E-state index in [4.69, 9.17) is 10.5 Å². The maximum atomic E-state index is 12.0. The van der Waals surface area contributed by atoms with Gasteiger partial charge in [-0.2, -0.15) is 0 Å². The highest BCUT2D eigenvalue weighted by atomic mass is 16.5. The summed E-state index contributed by atoms with van der Waals surface area (Å²) < 4.78 is 4.95. The van der Waals surface area contributed by atoms with E-state index in [9.17, 15) is 9.59 Å². The number of piperidine rings is 1. The molecule has 2 amide bonds. The van der Waals surface area contributed by atoms with Gasteiger partial charge in [0.2, 0.25) is 11.8 Å². The van der Waals surface area contributed by atoms with Crippen molar-refractivity contribution < 1.29 is 14.3 Å². The molecule has 0 aliphatic carbocycles. The maximum Gasteiger partial charge on any atom is 0.237 e. The highest BCUT2D eigenvalue weighted by Gasteiger charge is 2.26. The van der Waals surface area contributed by atoms with Crippen molar-refractivity contribution in [3.8, 4) is 0 Å². The van der Waals surface area contributed by atoms with E-state index in [0.717, 1.165) is 19.3 Å². The lowest BCUT2D eigenvalue weighted by molar-refractivity contribution is -0.135. The van der Waals surface area contributed by atoms with E-state index in [1.54, 1.807) is 7.11 Å². The number of nitrogens with two attached hydrogens (primary N) is 1. The van der Waals surface area contributed by atoms with Gasteiger partial charge in [-0.3, -0.25) is 9.59 Å². The van der Waals surface area contributed by atoms with Crippen LogP contribution < -0.4 is 11.1 Å². The molecule has 3 N–H and O–H groups in total. The van der Waals surface area contributed by atoms with Gasteiger partial charge < -0.3 is 20.7 Å². The normalized spacial score (nSPS) is 17.9. The number of carbonyl (C=O) groups is 2. The number of ether oxygens (including phenoxy) is 1. The lowest BCUT2D eigenvalue weighted by atomic mass is 10.0. The quantitative estimate of drug-likeness (QED) is 0.671. The monoisotopic (exact) mass is 299 g/mol. The van der Waals surface area contributed by atoms with E-state index >= 15 is 0 Å². The van der Waals surface area contributed by atoms with Gasteiger partial charge in [0, 0.05) is 38.8 Å². The summed E-state index contributed by atoms with van der Waals surface area (Å²) in [5, 5.41) is 2.99. The first-order valence-corrected chi connectivity index (χ1v) is 7.79. The number of nitrogens with zero attached hydrogens (tertiary/aromatic N) is 1. The van der Waals surface area contributed by atoms with Gasteiger partial charge >= 0.3 is 0 Å². The highest BCUT2D eigenvalue weighted by molar-refractivity contribution is 5.82. The Morgan fingerprint density at radius 2 is 1.95 bits per heavy atom. The molecule has 0 aromatic rings. The molecule has 1 fully saturated rings. The van der Waals surface area contributed by atoms with Crippen molar-refractivity contribution in [1.29, 1.82) is 0 Å². The molecule has 1 aliphatic rings. The minimum absolute atomic E-state index is 0.0327. The molecule has 1 atom stereocenters. The van der Waals surface area contributed by atoms with Gasteiger partial charge in [0.15, 0.2) is 0 Å². The number of carbonyl (C=O) groups excluding carboxylic acids is 2. The van der Waals surface area contributed by atoms with Gasteiger partial charge in [-0.1, -0.05) is 13.8 Å². The van der Waals surface area contributed by atoms with Gasteiger partial charge in [0.25, 0.3) is 0 Å². The van der Waals surface area contributed by atoms with E-state index in [1.165, 1.54) is 0 Å². The van der Waals surface area contributed by atoms with E-state index < -0.39 is 6.04 Å². The summed E-state index contributed by atoms with van der Waals surface area (Å²) >= 11 is 0. The van der Waals surface area contributed by atoms with E-state index in [-0.39, 0.29) is 23.8 Å². The van der Waals surface area contributed by atoms with Crippen LogP contribution in [-0.4, -0.2) is 55.6 Å². The number of rotatable bonds is 7. The van der Waals surface area contributed by atoms with Crippen LogP contribution in [0.4, 0.5) is 0 Å². The fourth-order valence-corrected chi connectivity index (χ4v) is 2.50. The van der Waals surface area contributed by atoms with Gasteiger partial charge in [-0.05, 0) is 25.7 Å². The molecule has 1 aliphatic heterocycles. The molecule has 0 bridgehead atoms. The standard InChI is InChI=1S/C15H29N3O3/c1-11(2)15(20)18-8-6-12(7-9-18)17-14(19)13(16)5-4-10-21-3/h11-13H,4-10,16H2,1-3H3,(H,17,19). The Hall–Kier alpha value is -1.14. The van der Waals surface area contributed by atoms with Crippen molar-refractivity contribution in [2.24, 2.45) is 11.7 Å². The second-order valence-electron chi connectivity index (χ2n) is 6.00. The van der Waals surface area contributed by atoms with Gasteiger partial charge in [0.1, 0.15) is 0 Å². The second-order valence-corrected chi connectivity index (χ2v) is 6.00. The fraction of sp³-hybridized carbons (Fsp3) is 0.867. The van der Waals surface area contributed by atoms with Crippen molar-refractivity contribution in [3.05, 3.63) is 0 Å². The van der Waals surface area contributed by atoms with Gasteiger partial charge in [-0.15, -0.1) is 0 Å². The van der Waals surface area contributed by atoms with Crippen molar-refractivity contribution >= 4 is 11.8 Å². The van der Waals surface area contributed by atoms with Crippen molar-refractivity contribution in [3.63, 3.8) is 0 Å². The topological polar surface area (TPSA) is 84.7 Å². The number of likely N-dealkylation sites (tertiary alicyclic amines) is 1. The van der Waals surface area contributed by atoms with E-state index in [0.29, 0.717) is 26.1 Å². The molecule has 1 saturated heterocycles. The zero-order valence-electron chi connectivity index (χ0n) is 13.4. The lowest BCUT2D eigenvalue weighted by Crippen LogP contribution is -2.51. The molecular formula is C15H29N3O3. The first-order chi connectivity index (χ1) is 9.95. The molecule has 21 heavy (non-hydrogen) atoms. The molecule has 1 heterocycles. The predicted octanol–water partition coefficient (Wildman–Crippen LogP) is 0.504. The van der Waals surface area contributed by atoms with Crippen LogP contribution in [-0.2, 0) is 14.3 Å². The highest BCUT2D eigenvalue weighted by Crippen LogP contribution is 2.13. The summed E-state index contributed by atoms with van der Waals surface area (Å²) in [5.74, 6) is 0.126. The molecule has 0 spiro atoms. The zero-order valence-corrected chi connectivity index (χ0v) is 13.4. The summed E-state index contributed by atoms with van der Waals surface area (Å²) in [7, 11) is 1.64. The molecule has 0 aromatic heterocycles. The van der Waals surface area contributed by atoms with E-state index in [2.05, 4.69) is 5.32 Å². The van der Waals surface area contributed by atoms with Crippen molar-refractivity contribution in [2.45, 2.75) is 51.6 Å². The largest absolute Gasteiger partial charge is 0.385 e. The minimum Gasteiger partial charge on any atom is -0.385 e. The number of hydrogen-bond acceptors (Lipinski definition) is 4. The fourth-order valence-electron chi connectivity index (χ4n) is 2.50. The van der Waals surface area contributed by atoms with Crippen molar-refractivity contribution in [1.82, 2.24) is 10.2 Å². The maximum absolute atomic E-state index is 12.0. The third-order valence-corrected chi connectivity index (χ3v) is 3.85. The van der Waals surface area contributed by atoms with Crippen LogP contribution in [0.5, 0.6) is 0 Å². The third-order valence-electron chi connectivity index (χ3n) is 3.85. The number of methoxy groups -OCH3 is 1. The van der Waals surface area contributed by atoms with Crippen LogP contribution in [0, 0.1) is 5.92 Å². The Morgan fingerprint density at radius 3 is 2.48 bits per heavy atom. The lowest BCUT2D eigenvalue weighted by Gasteiger charge is -2.33. The Labute approximate surface area is 127 Å². The molecule has 6 nitrogen and oxygen atoms in total. The molecule has 6 heteroatoms. The molecular weight excluding hydrogens is 270 g/mol. The van der Waals surface area contributed by atoms with E-state index in [1.807, 2.05) is 18.7 Å². The Balaban J connectivity index is 2.28. The molecule has 122 valence electrons. The Morgan fingerprint density at radius 1 is 1.33 bits per heavy atom. The summed E-state index contributed by atoms with van der Waals surface area (Å²) in [6.45, 7) is 5.86. The summed E-state index contributed by atoms with van der Waals surface area (Å²) in [5.41, 5.74) is 5.86. The Kier molecular flexibility index (Phi) is 7.67. The average molecular weight is 299 g/mol. The number of amides is 2. The molecule has 1 unspecified atom stereocenters. The zero-order chi connectivity index (χ0) is 15.8. The van der Waals surface area contributed by atoms with Crippen LogP contribution >= 0.6 is 0 Å². The van der Waals surface area contributed by atoms with Gasteiger partial charge in [0.05, 0.1) is 6.04 Å². The van der Waals surface area contributed by atoms with Crippen LogP contribution in [0.3, 0.4) is 0 Å². The first-order valence-electron chi connectivity index (χ1n) is 7.79. The first kappa shape index (κ1) is 17.9. The second kappa shape index (κ2) is 9.00. The number of hydrogen-bond donors (Lipinski definition) is 2. The molecule has 0 aromatic carbocycles. The summed E-state index contributed by atoms with van der Waals surface area (Å²) in [4.78, 5) is 25.7. The average Bonchev–Trinajstić information content (AvgIpc) is 2.47. The molecule has 1 rings (SSSR count). The van der Waals surface area contributed by atoms with Crippen LogP contribution in [0.1, 0.15) is 39.5 Å². The molecule has 0 radical (unpaired) electrons. The van der Waals surface area contributed by atoms with Crippen LogP contribution in [0.25, 0.3) is 0 Å². The van der Waals surface area contributed by atoms with Gasteiger partial charge in [-0.25, -0.2) is 0 Å². The minimum atomic E-state index is -0.476. The summed E-state index contributed by atoms with van der Waals surface area (Å²) in [6.07, 6.45) is 3.01. The number of nitrogens with one attached hydrogen (secondary N) is 1. The predicted molar refractivity (Wildman–Crippen MR) is 81.7 cm³/mol. The van der Waals surface area contributed by atoms with Crippen LogP contribution in [0.15, 0.2) is 0 Å². The smallest absolute Gasteiger partial charge is 0.237 e.